The highest BCUT2D eigenvalue weighted by atomic mass is 16.6. The Morgan fingerprint density at radius 1 is 1.27 bits per heavy atom. The highest BCUT2D eigenvalue weighted by Crippen LogP contribution is 2.49. The summed E-state index contributed by atoms with van der Waals surface area (Å²) in [7, 11) is 0. The second-order valence-electron chi connectivity index (χ2n) is 9.12. The molecule has 7 heteroatoms. The molecule has 3 heterocycles. The van der Waals surface area contributed by atoms with Gasteiger partial charge in [0, 0.05) is 50.5 Å². The van der Waals surface area contributed by atoms with Crippen LogP contribution in [-0.2, 0) is 9.47 Å². The zero-order valence-electron chi connectivity index (χ0n) is 16.2. The molecule has 1 N–H and O–H groups in total. The lowest BCUT2D eigenvalue weighted by Crippen LogP contribution is -2.60. The average Bonchev–Trinajstić information content (AvgIpc) is 3.07. The third kappa shape index (κ3) is 2.75. The number of hydrogen-bond donors (Lipinski definition) is 1. The number of hydrogen-bond acceptors (Lipinski definition) is 5. The van der Waals surface area contributed by atoms with Crippen LogP contribution in [0.3, 0.4) is 0 Å². The highest BCUT2D eigenvalue weighted by Gasteiger charge is 2.57. The van der Waals surface area contributed by atoms with Crippen LogP contribution in [0.4, 0.5) is 9.59 Å². The van der Waals surface area contributed by atoms with Crippen molar-refractivity contribution in [1.29, 1.82) is 0 Å². The van der Waals surface area contributed by atoms with E-state index < -0.39 is 0 Å². The lowest BCUT2D eigenvalue weighted by Gasteiger charge is -2.49. The van der Waals surface area contributed by atoms with Gasteiger partial charge in [0.1, 0.15) is 5.60 Å². The van der Waals surface area contributed by atoms with Gasteiger partial charge in [-0.2, -0.15) is 0 Å². The number of rotatable bonds is 2. The van der Waals surface area contributed by atoms with E-state index in [0.717, 1.165) is 45.4 Å². The monoisotopic (exact) mass is 365 g/mol. The molecule has 2 amide bonds. The maximum Gasteiger partial charge on any atom is 0.409 e. The highest BCUT2D eigenvalue weighted by molar-refractivity contribution is 5.72. The topological polar surface area (TPSA) is 71.1 Å². The molecule has 4 fully saturated rings. The SMILES string of the molecule is CCOC(=O)N1CC2(CCC(N3CCC4(CC3)OC(=O)NC4(C)C)C2)C1. The molecular weight excluding hydrogens is 334 g/mol. The van der Waals surface area contributed by atoms with Crippen LogP contribution in [0.1, 0.15) is 52.9 Å². The van der Waals surface area contributed by atoms with Gasteiger partial charge in [0.25, 0.3) is 0 Å². The Kier molecular flexibility index (Phi) is 4.13. The number of ether oxygens (including phenoxy) is 2. The van der Waals surface area contributed by atoms with Crippen molar-refractivity contribution in [3.05, 3.63) is 0 Å². The third-order valence-electron chi connectivity index (χ3n) is 7.22. The molecular formula is C19H31N3O4. The van der Waals surface area contributed by atoms with E-state index in [2.05, 4.69) is 24.1 Å². The fourth-order valence-electron chi connectivity index (χ4n) is 5.56. The van der Waals surface area contributed by atoms with Crippen molar-refractivity contribution in [2.24, 2.45) is 5.41 Å². The fourth-order valence-corrected chi connectivity index (χ4v) is 5.56. The summed E-state index contributed by atoms with van der Waals surface area (Å²) >= 11 is 0. The quantitative estimate of drug-likeness (QED) is 0.813. The molecule has 0 aromatic heterocycles. The summed E-state index contributed by atoms with van der Waals surface area (Å²) in [6, 6.07) is 0.588. The molecule has 0 radical (unpaired) electrons. The van der Waals surface area contributed by atoms with Crippen LogP contribution in [0.25, 0.3) is 0 Å². The zero-order valence-corrected chi connectivity index (χ0v) is 16.2. The average molecular weight is 365 g/mol. The smallest absolute Gasteiger partial charge is 0.409 e. The lowest BCUT2D eigenvalue weighted by atomic mass is 9.75. The summed E-state index contributed by atoms with van der Waals surface area (Å²) < 4.78 is 10.8. The Bertz CT molecular complexity index is 592. The van der Waals surface area contributed by atoms with Crippen molar-refractivity contribution in [3.8, 4) is 0 Å². The van der Waals surface area contributed by atoms with E-state index >= 15 is 0 Å². The Hall–Kier alpha value is -1.50. The fraction of sp³-hybridized carbons (Fsp3) is 0.895. The van der Waals surface area contributed by atoms with Crippen molar-refractivity contribution in [2.75, 3.05) is 32.8 Å². The molecule has 4 rings (SSSR count). The van der Waals surface area contributed by atoms with E-state index in [4.69, 9.17) is 9.47 Å². The van der Waals surface area contributed by atoms with E-state index in [1.165, 1.54) is 12.8 Å². The van der Waals surface area contributed by atoms with Crippen LogP contribution in [0, 0.1) is 5.41 Å². The van der Waals surface area contributed by atoms with Crippen molar-refractivity contribution in [3.63, 3.8) is 0 Å². The summed E-state index contributed by atoms with van der Waals surface area (Å²) in [5.41, 5.74) is -0.373. The van der Waals surface area contributed by atoms with Gasteiger partial charge in [-0.25, -0.2) is 9.59 Å². The zero-order chi connectivity index (χ0) is 18.6. The van der Waals surface area contributed by atoms with E-state index in [1.54, 1.807) is 0 Å². The lowest BCUT2D eigenvalue weighted by molar-refractivity contribution is -0.0515. The standard InChI is InChI=1S/C19H31N3O4/c1-4-25-16(24)22-12-18(13-22)6-5-14(11-18)21-9-7-19(8-10-21)17(2,3)20-15(23)26-19/h14H,4-13H2,1-3H3,(H,20,23). The Balaban J connectivity index is 1.30. The summed E-state index contributed by atoms with van der Waals surface area (Å²) in [6.07, 6.45) is 4.88. The molecule has 1 unspecified atom stereocenters. The minimum Gasteiger partial charge on any atom is -0.450 e. The van der Waals surface area contributed by atoms with Crippen LogP contribution >= 0.6 is 0 Å². The van der Waals surface area contributed by atoms with Gasteiger partial charge in [0.2, 0.25) is 0 Å². The van der Waals surface area contributed by atoms with Crippen molar-refractivity contribution in [2.45, 2.75) is 70.1 Å². The summed E-state index contributed by atoms with van der Waals surface area (Å²) in [5.74, 6) is 0. The molecule has 4 aliphatic rings. The van der Waals surface area contributed by atoms with Gasteiger partial charge in [-0.3, -0.25) is 0 Å². The van der Waals surface area contributed by atoms with Crippen molar-refractivity contribution >= 4 is 12.2 Å². The van der Waals surface area contributed by atoms with Gasteiger partial charge in [0.15, 0.2) is 0 Å². The van der Waals surface area contributed by atoms with Crippen LogP contribution in [0.5, 0.6) is 0 Å². The number of carbonyl (C=O) groups excluding carboxylic acids is 2. The van der Waals surface area contributed by atoms with Gasteiger partial charge in [-0.1, -0.05) is 0 Å². The largest absolute Gasteiger partial charge is 0.450 e. The molecule has 1 aliphatic carbocycles. The van der Waals surface area contributed by atoms with Gasteiger partial charge in [-0.05, 0) is 40.0 Å². The predicted octanol–water partition coefficient (Wildman–Crippen LogP) is 2.35. The Labute approximate surface area is 155 Å². The molecule has 1 saturated carbocycles. The van der Waals surface area contributed by atoms with Crippen LogP contribution < -0.4 is 5.32 Å². The third-order valence-corrected chi connectivity index (χ3v) is 7.22. The van der Waals surface area contributed by atoms with Crippen molar-refractivity contribution < 1.29 is 19.1 Å². The second-order valence-corrected chi connectivity index (χ2v) is 9.12. The van der Waals surface area contributed by atoms with E-state index in [1.807, 2.05) is 11.8 Å². The van der Waals surface area contributed by atoms with Gasteiger partial charge < -0.3 is 24.6 Å². The molecule has 26 heavy (non-hydrogen) atoms. The van der Waals surface area contributed by atoms with Crippen LogP contribution in [0.2, 0.25) is 0 Å². The maximum absolute atomic E-state index is 11.8. The number of carbonyl (C=O) groups is 2. The number of amides is 2. The predicted molar refractivity (Wildman–Crippen MR) is 95.9 cm³/mol. The summed E-state index contributed by atoms with van der Waals surface area (Å²) in [4.78, 5) is 28.0. The van der Waals surface area contributed by atoms with Gasteiger partial charge in [-0.15, -0.1) is 0 Å². The minimum absolute atomic E-state index is 0.167. The normalized spacial score (nSPS) is 31.6. The molecule has 0 aromatic rings. The minimum atomic E-state index is -0.367. The molecule has 146 valence electrons. The first kappa shape index (κ1) is 17.9. The molecule has 0 aromatic carbocycles. The van der Waals surface area contributed by atoms with Crippen molar-refractivity contribution in [1.82, 2.24) is 15.1 Å². The Morgan fingerprint density at radius 2 is 1.96 bits per heavy atom. The molecule has 1 atom stereocenters. The number of nitrogens with one attached hydrogen (secondary N) is 1. The van der Waals surface area contributed by atoms with Gasteiger partial charge >= 0.3 is 12.2 Å². The summed E-state index contributed by atoms with van der Waals surface area (Å²) in [5, 5.41) is 2.97. The number of piperidine rings is 1. The van der Waals surface area contributed by atoms with Crippen LogP contribution in [0.15, 0.2) is 0 Å². The first-order valence-electron chi connectivity index (χ1n) is 9.95. The van der Waals surface area contributed by atoms with E-state index in [0.29, 0.717) is 18.1 Å². The molecule has 7 nitrogen and oxygen atoms in total. The first-order valence-corrected chi connectivity index (χ1v) is 9.95. The van der Waals surface area contributed by atoms with Gasteiger partial charge in [0.05, 0.1) is 12.1 Å². The number of nitrogens with zero attached hydrogens (tertiary/aromatic N) is 2. The molecule has 3 saturated heterocycles. The van der Waals surface area contributed by atoms with Crippen LogP contribution in [-0.4, -0.2) is 72.0 Å². The number of alkyl carbamates (subject to hydrolysis) is 1. The Morgan fingerprint density at radius 3 is 2.54 bits per heavy atom. The van der Waals surface area contributed by atoms with E-state index in [9.17, 15) is 9.59 Å². The molecule has 3 aliphatic heterocycles. The maximum atomic E-state index is 11.8. The molecule has 2 spiro atoms. The second kappa shape index (κ2) is 6.01. The number of likely N-dealkylation sites (tertiary alicyclic amines) is 2. The first-order chi connectivity index (χ1) is 12.3. The van der Waals surface area contributed by atoms with E-state index in [-0.39, 0.29) is 23.3 Å². The molecule has 0 bridgehead atoms. The summed E-state index contributed by atoms with van der Waals surface area (Å²) in [6.45, 7) is 10.1.